The predicted octanol–water partition coefficient (Wildman–Crippen LogP) is 3.56. The summed E-state index contributed by atoms with van der Waals surface area (Å²) in [7, 11) is 3.37. The van der Waals surface area contributed by atoms with Crippen LogP contribution >= 0.6 is 22.6 Å². The molecule has 0 bridgehead atoms. The lowest BCUT2D eigenvalue weighted by Gasteiger charge is -2.12. The number of fused-ring (bicyclic) bond motifs is 3. The molecule has 4 aromatic rings. The van der Waals surface area contributed by atoms with E-state index in [0.717, 1.165) is 38.5 Å². The van der Waals surface area contributed by atoms with Crippen molar-refractivity contribution >= 4 is 56.0 Å². The Labute approximate surface area is 157 Å². The van der Waals surface area contributed by atoms with Gasteiger partial charge in [-0.25, -0.2) is 4.79 Å². The van der Waals surface area contributed by atoms with E-state index < -0.39 is 0 Å². The van der Waals surface area contributed by atoms with Crippen molar-refractivity contribution in [2.75, 3.05) is 14.2 Å². The van der Waals surface area contributed by atoms with Gasteiger partial charge in [0.15, 0.2) is 0 Å². The second-order valence-corrected chi connectivity index (χ2v) is 6.52. The third kappa shape index (κ3) is 2.06. The molecule has 0 saturated carbocycles. The molecule has 0 aliphatic heterocycles. The van der Waals surface area contributed by atoms with Crippen LogP contribution < -0.4 is 15.9 Å². The minimum Gasteiger partial charge on any atom is -0.496 e. The quantitative estimate of drug-likeness (QED) is 0.443. The molecule has 0 spiro atoms. The molecule has 2 aromatic heterocycles. The van der Waals surface area contributed by atoms with Crippen LogP contribution in [0.15, 0.2) is 44.2 Å². The zero-order chi connectivity index (χ0) is 17.7. The standard InChI is InChI=1S/C19H16IN3O2/c1-11-15(25-3)10-13-12-6-4-5-7-14(12)23-17(13)16(11)18(21-2)22(9-8-20)19(23)24/h4-10H,1-3H3/b9-8-,21-18?. The SMILES string of the molecule is CN=c1c2c(C)c(OC)cc3c4ccccc4n(c(=O)n1/C=C\I)c23. The molecule has 4 rings (SSSR count). The molecule has 6 heteroatoms. The first-order chi connectivity index (χ1) is 12.1. The number of aryl methyl sites for hydroxylation is 1. The van der Waals surface area contributed by atoms with Gasteiger partial charge in [0.2, 0.25) is 0 Å². The van der Waals surface area contributed by atoms with Gasteiger partial charge in [-0.2, -0.15) is 0 Å². The molecule has 0 unspecified atom stereocenters. The van der Waals surface area contributed by atoms with Gasteiger partial charge in [-0.05, 0) is 23.1 Å². The van der Waals surface area contributed by atoms with E-state index in [-0.39, 0.29) is 5.69 Å². The average molecular weight is 445 g/mol. The second kappa shape index (κ2) is 5.87. The van der Waals surface area contributed by atoms with Gasteiger partial charge < -0.3 is 4.74 Å². The van der Waals surface area contributed by atoms with E-state index in [1.54, 1.807) is 29.3 Å². The maximum Gasteiger partial charge on any atom is 0.338 e. The molecule has 0 atom stereocenters. The van der Waals surface area contributed by atoms with Gasteiger partial charge in [-0.15, -0.1) is 0 Å². The highest BCUT2D eigenvalue weighted by atomic mass is 127. The summed E-state index contributed by atoms with van der Waals surface area (Å²) >= 11 is 2.11. The van der Waals surface area contributed by atoms with Gasteiger partial charge >= 0.3 is 5.69 Å². The van der Waals surface area contributed by atoms with E-state index in [2.05, 4.69) is 27.6 Å². The molecule has 5 nitrogen and oxygen atoms in total. The van der Waals surface area contributed by atoms with E-state index in [1.165, 1.54) is 0 Å². The molecular formula is C19H16IN3O2. The highest BCUT2D eigenvalue weighted by Gasteiger charge is 2.20. The second-order valence-electron chi connectivity index (χ2n) is 5.80. The number of hydrogen-bond acceptors (Lipinski definition) is 3. The van der Waals surface area contributed by atoms with Crippen molar-refractivity contribution in [2.45, 2.75) is 6.92 Å². The normalized spacial score (nSPS) is 13.0. The Morgan fingerprint density at radius 3 is 2.68 bits per heavy atom. The molecule has 0 fully saturated rings. The topological polar surface area (TPSA) is 48.0 Å². The van der Waals surface area contributed by atoms with Crippen LogP contribution in [0.25, 0.3) is 33.4 Å². The highest BCUT2D eigenvalue weighted by molar-refractivity contribution is 14.1. The summed E-state index contributed by atoms with van der Waals surface area (Å²) in [6, 6.07) is 9.95. The van der Waals surface area contributed by atoms with Crippen molar-refractivity contribution in [3.63, 3.8) is 0 Å². The molecule has 2 aromatic carbocycles. The van der Waals surface area contributed by atoms with Gasteiger partial charge in [0.05, 0.1) is 18.1 Å². The fourth-order valence-corrected chi connectivity index (χ4v) is 3.93. The molecule has 0 aliphatic rings. The van der Waals surface area contributed by atoms with E-state index >= 15 is 0 Å². The number of ether oxygens (including phenoxy) is 1. The molecule has 2 heterocycles. The molecule has 0 radical (unpaired) electrons. The fourth-order valence-electron chi connectivity index (χ4n) is 3.61. The first kappa shape index (κ1) is 16.1. The lowest BCUT2D eigenvalue weighted by molar-refractivity contribution is 0.413. The van der Waals surface area contributed by atoms with Crippen LogP contribution in [0.2, 0.25) is 0 Å². The third-order valence-electron chi connectivity index (χ3n) is 4.66. The summed E-state index contributed by atoms with van der Waals surface area (Å²) in [6.45, 7) is 2.00. The molecule has 25 heavy (non-hydrogen) atoms. The first-order valence-electron chi connectivity index (χ1n) is 7.82. The Balaban J connectivity index is 2.51. The van der Waals surface area contributed by atoms with Gasteiger partial charge in [-0.1, -0.05) is 40.8 Å². The summed E-state index contributed by atoms with van der Waals surface area (Å²) in [4.78, 5) is 17.7. The number of hydrogen-bond donors (Lipinski definition) is 0. The maximum absolute atomic E-state index is 13.2. The maximum atomic E-state index is 13.2. The number of nitrogens with zero attached hydrogens (tertiary/aromatic N) is 3. The monoisotopic (exact) mass is 445 g/mol. The van der Waals surface area contributed by atoms with Crippen molar-refractivity contribution in [3.05, 3.63) is 56.0 Å². The molecule has 0 saturated heterocycles. The molecule has 0 amide bonds. The zero-order valence-corrected chi connectivity index (χ0v) is 16.2. The minimum atomic E-state index is -0.128. The van der Waals surface area contributed by atoms with Crippen molar-refractivity contribution in [1.29, 1.82) is 0 Å². The number of aromatic nitrogens is 2. The average Bonchev–Trinajstić information content (AvgIpc) is 2.96. The van der Waals surface area contributed by atoms with E-state index in [1.807, 2.05) is 41.3 Å². The number of halogens is 1. The largest absolute Gasteiger partial charge is 0.496 e. The van der Waals surface area contributed by atoms with Gasteiger partial charge in [0, 0.05) is 35.0 Å². The Morgan fingerprint density at radius 1 is 1.24 bits per heavy atom. The number of rotatable bonds is 2. The van der Waals surface area contributed by atoms with Crippen molar-refractivity contribution < 1.29 is 4.74 Å². The predicted molar refractivity (Wildman–Crippen MR) is 110 cm³/mol. The van der Waals surface area contributed by atoms with Gasteiger partial charge in [0.25, 0.3) is 0 Å². The van der Waals surface area contributed by atoms with Crippen LogP contribution in [-0.4, -0.2) is 23.1 Å². The smallest absolute Gasteiger partial charge is 0.338 e. The number of benzene rings is 2. The molecule has 0 N–H and O–H groups in total. The lowest BCUT2D eigenvalue weighted by atomic mass is 10.1. The van der Waals surface area contributed by atoms with E-state index in [9.17, 15) is 4.79 Å². The van der Waals surface area contributed by atoms with Crippen LogP contribution in [0.1, 0.15) is 5.56 Å². The van der Waals surface area contributed by atoms with Crippen molar-refractivity contribution in [3.8, 4) is 5.75 Å². The van der Waals surface area contributed by atoms with Crippen molar-refractivity contribution in [1.82, 2.24) is 8.97 Å². The third-order valence-corrected chi connectivity index (χ3v) is 4.98. The summed E-state index contributed by atoms with van der Waals surface area (Å²) in [5.41, 5.74) is 3.26. The van der Waals surface area contributed by atoms with E-state index in [0.29, 0.717) is 5.49 Å². The van der Waals surface area contributed by atoms with E-state index in [4.69, 9.17) is 4.74 Å². The van der Waals surface area contributed by atoms with Crippen molar-refractivity contribution in [2.24, 2.45) is 4.99 Å². The lowest BCUT2D eigenvalue weighted by Crippen LogP contribution is -2.35. The van der Waals surface area contributed by atoms with Gasteiger partial charge in [0.1, 0.15) is 11.2 Å². The first-order valence-corrected chi connectivity index (χ1v) is 9.07. The summed E-state index contributed by atoms with van der Waals surface area (Å²) in [5, 5.41) is 2.96. The fraction of sp³-hybridized carbons (Fsp3) is 0.158. The Hall–Kier alpha value is -2.35. The van der Waals surface area contributed by atoms with Gasteiger partial charge in [-0.3, -0.25) is 14.0 Å². The molecular weight excluding hydrogens is 429 g/mol. The zero-order valence-electron chi connectivity index (χ0n) is 14.1. The van der Waals surface area contributed by atoms with Crippen LogP contribution in [-0.2, 0) is 0 Å². The van der Waals surface area contributed by atoms with Crippen LogP contribution in [0.5, 0.6) is 5.75 Å². The molecule has 126 valence electrons. The van der Waals surface area contributed by atoms with Crippen LogP contribution in [0.4, 0.5) is 0 Å². The number of para-hydroxylation sites is 1. The summed E-state index contributed by atoms with van der Waals surface area (Å²) < 4.78 is 10.8. The molecule has 0 aliphatic carbocycles. The Kier molecular flexibility index (Phi) is 3.79. The number of methoxy groups -OCH3 is 1. The van der Waals surface area contributed by atoms with Crippen LogP contribution in [0, 0.1) is 6.92 Å². The summed E-state index contributed by atoms with van der Waals surface area (Å²) in [6.07, 6.45) is 1.74. The minimum absolute atomic E-state index is 0.128. The Morgan fingerprint density at radius 2 is 2.00 bits per heavy atom. The highest BCUT2D eigenvalue weighted by Crippen LogP contribution is 2.35. The Bertz CT molecular complexity index is 1280. The van der Waals surface area contributed by atoms with Crippen LogP contribution in [0.3, 0.4) is 0 Å². The summed E-state index contributed by atoms with van der Waals surface area (Å²) in [5.74, 6) is 0.791.